The van der Waals surface area contributed by atoms with Crippen LogP contribution in [0.1, 0.15) is 28.8 Å². The van der Waals surface area contributed by atoms with E-state index < -0.39 is 45.2 Å². The minimum atomic E-state index is -4.72. The van der Waals surface area contributed by atoms with Gasteiger partial charge in [-0.25, -0.2) is 8.42 Å². The van der Waals surface area contributed by atoms with Crippen molar-refractivity contribution in [1.29, 1.82) is 0 Å². The molecule has 3 heterocycles. The van der Waals surface area contributed by atoms with Crippen LogP contribution < -0.4 is 9.47 Å². The molecule has 1 unspecified atom stereocenters. The highest BCUT2D eigenvalue weighted by atomic mass is 32.2. The van der Waals surface area contributed by atoms with Gasteiger partial charge in [0.1, 0.15) is 0 Å². The molecule has 1 atom stereocenters. The maximum absolute atomic E-state index is 13.7. The zero-order chi connectivity index (χ0) is 28.3. The highest BCUT2D eigenvalue weighted by molar-refractivity contribution is 7.89. The zero-order valence-corrected chi connectivity index (χ0v) is 22.9. The first-order valence-corrected chi connectivity index (χ1v) is 14.9. The summed E-state index contributed by atoms with van der Waals surface area (Å²) in [6, 6.07) is 12.6. The van der Waals surface area contributed by atoms with E-state index in [0.717, 1.165) is 39.4 Å². The molecule has 13 heteroatoms. The Morgan fingerprint density at radius 1 is 1.02 bits per heavy atom. The van der Waals surface area contributed by atoms with Gasteiger partial charge < -0.3 is 19.1 Å². The number of hydrogen-bond donors (Lipinski definition) is 0. The number of rotatable bonds is 10. The lowest BCUT2D eigenvalue weighted by Crippen LogP contribution is -2.45. The number of benzene rings is 2. The third-order valence-electron chi connectivity index (χ3n) is 6.63. The standard InChI is InChI=1S/C27H27F3N2O6S2/c28-27(29,30)20-4-1-7-23(13-20)40(34,35)32(15-21-5-2-10-36-21)17-26(33)31(16-22-6-3-11-39-22)14-19-8-9-24-25(12-19)38-18-37-24/h1,3-4,6-9,11-13,21H,2,5,10,14-18H2. The number of hydrogen-bond acceptors (Lipinski definition) is 7. The SMILES string of the molecule is O=C(CN(CC1CCCO1)S(=O)(=O)c1cccc(C(F)(F)F)c1)N(Cc1ccc2c(c1)OCO2)Cc1cccs1. The maximum Gasteiger partial charge on any atom is 0.416 e. The fourth-order valence-electron chi connectivity index (χ4n) is 4.58. The van der Waals surface area contributed by atoms with E-state index in [1.54, 1.807) is 18.2 Å². The van der Waals surface area contributed by atoms with Crippen LogP contribution >= 0.6 is 11.3 Å². The molecule has 40 heavy (non-hydrogen) atoms. The van der Waals surface area contributed by atoms with E-state index in [2.05, 4.69) is 0 Å². The molecular formula is C27H27F3N2O6S2. The number of carbonyl (C=O) groups excluding carboxylic acids is 1. The highest BCUT2D eigenvalue weighted by Gasteiger charge is 2.35. The number of alkyl halides is 3. The van der Waals surface area contributed by atoms with Gasteiger partial charge in [-0.15, -0.1) is 11.3 Å². The smallest absolute Gasteiger partial charge is 0.416 e. The Morgan fingerprint density at radius 2 is 1.85 bits per heavy atom. The average Bonchev–Trinajstić information content (AvgIpc) is 3.70. The van der Waals surface area contributed by atoms with E-state index in [4.69, 9.17) is 14.2 Å². The Balaban J connectivity index is 1.43. The monoisotopic (exact) mass is 596 g/mol. The summed E-state index contributed by atoms with van der Waals surface area (Å²) in [6.07, 6.45) is -3.88. The zero-order valence-electron chi connectivity index (χ0n) is 21.3. The van der Waals surface area contributed by atoms with Crippen molar-refractivity contribution >= 4 is 27.3 Å². The molecule has 8 nitrogen and oxygen atoms in total. The summed E-state index contributed by atoms with van der Waals surface area (Å²) in [4.78, 5) is 15.6. The lowest BCUT2D eigenvalue weighted by atomic mass is 10.2. The normalized spacial score (nSPS) is 16.9. The molecule has 0 bridgehead atoms. The topological polar surface area (TPSA) is 85.4 Å². The van der Waals surface area contributed by atoms with Gasteiger partial charge in [-0.05, 0) is 60.2 Å². The van der Waals surface area contributed by atoms with E-state index in [1.165, 1.54) is 16.2 Å². The van der Waals surface area contributed by atoms with Crippen LogP contribution in [0.3, 0.4) is 0 Å². The van der Waals surface area contributed by atoms with E-state index in [0.29, 0.717) is 30.6 Å². The Kier molecular flexibility index (Phi) is 8.36. The van der Waals surface area contributed by atoms with Gasteiger partial charge in [0.15, 0.2) is 11.5 Å². The van der Waals surface area contributed by atoms with E-state index >= 15 is 0 Å². The predicted octanol–water partition coefficient (Wildman–Crippen LogP) is 4.89. The van der Waals surface area contributed by atoms with Crippen molar-refractivity contribution in [2.45, 2.75) is 43.1 Å². The lowest BCUT2D eigenvalue weighted by Gasteiger charge is -2.28. The van der Waals surface area contributed by atoms with Crippen molar-refractivity contribution in [3.8, 4) is 11.5 Å². The fraction of sp³-hybridized carbons (Fsp3) is 0.370. The molecule has 0 saturated carbocycles. The van der Waals surface area contributed by atoms with Crippen molar-refractivity contribution in [3.63, 3.8) is 0 Å². The molecular weight excluding hydrogens is 569 g/mol. The first-order valence-electron chi connectivity index (χ1n) is 12.6. The molecule has 214 valence electrons. The number of sulfonamides is 1. The molecule has 1 aromatic heterocycles. The van der Waals surface area contributed by atoms with Gasteiger partial charge >= 0.3 is 6.18 Å². The number of fused-ring (bicyclic) bond motifs is 1. The van der Waals surface area contributed by atoms with Crippen LogP contribution in [0.5, 0.6) is 11.5 Å². The molecule has 0 spiro atoms. The maximum atomic E-state index is 13.7. The van der Waals surface area contributed by atoms with Crippen molar-refractivity contribution in [1.82, 2.24) is 9.21 Å². The minimum absolute atomic E-state index is 0.0994. The molecule has 1 amide bonds. The van der Waals surface area contributed by atoms with E-state index in [1.807, 2.05) is 17.5 Å². The van der Waals surface area contributed by atoms with Crippen LogP contribution in [-0.4, -0.2) is 56.1 Å². The Labute approximate surface area is 233 Å². The van der Waals surface area contributed by atoms with Gasteiger partial charge in [0.25, 0.3) is 0 Å². The third-order valence-corrected chi connectivity index (χ3v) is 9.30. The fourth-order valence-corrected chi connectivity index (χ4v) is 6.77. The second-order valence-electron chi connectivity index (χ2n) is 9.47. The summed E-state index contributed by atoms with van der Waals surface area (Å²) in [6.45, 7) is 0.218. The Morgan fingerprint density at radius 3 is 2.58 bits per heavy atom. The van der Waals surface area contributed by atoms with Gasteiger partial charge in [0, 0.05) is 24.6 Å². The summed E-state index contributed by atoms with van der Waals surface area (Å²) >= 11 is 1.45. The second kappa shape index (κ2) is 11.8. The number of halogens is 3. The summed E-state index contributed by atoms with van der Waals surface area (Å²) < 4.78 is 84.8. The predicted molar refractivity (Wildman–Crippen MR) is 140 cm³/mol. The van der Waals surface area contributed by atoms with Crippen molar-refractivity contribution in [2.24, 2.45) is 0 Å². The molecule has 5 rings (SSSR count). The van der Waals surface area contributed by atoms with Gasteiger partial charge in [0.2, 0.25) is 22.7 Å². The number of thiophene rings is 1. The first kappa shape index (κ1) is 28.4. The summed E-state index contributed by atoms with van der Waals surface area (Å²) in [5.41, 5.74) is -0.334. The molecule has 2 aliphatic rings. The number of ether oxygens (including phenoxy) is 3. The van der Waals surface area contributed by atoms with Gasteiger partial charge in [-0.2, -0.15) is 17.5 Å². The molecule has 0 aliphatic carbocycles. The van der Waals surface area contributed by atoms with Crippen LogP contribution in [0.2, 0.25) is 0 Å². The molecule has 1 fully saturated rings. The van der Waals surface area contributed by atoms with Crippen LogP contribution in [-0.2, 0) is 38.8 Å². The summed E-state index contributed by atoms with van der Waals surface area (Å²) in [5.74, 6) is 0.641. The quantitative estimate of drug-likeness (QED) is 0.331. The van der Waals surface area contributed by atoms with Gasteiger partial charge in [0.05, 0.1) is 29.7 Å². The van der Waals surface area contributed by atoms with E-state index in [-0.39, 0.29) is 26.4 Å². The van der Waals surface area contributed by atoms with Crippen molar-refractivity contribution < 1.29 is 40.6 Å². The molecule has 2 aromatic carbocycles. The molecule has 2 aliphatic heterocycles. The van der Waals surface area contributed by atoms with Crippen molar-refractivity contribution in [3.05, 3.63) is 76.0 Å². The highest BCUT2D eigenvalue weighted by Crippen LogP contribution is 2.34. The van der Waals surface area contributed by atoms with Crippen LogP contribution in [0, 0.1) is 0 Å². The Hall–Kier alpha value is -3.13. The van der Waals surface area contributed by atoms with Crippen LogP contribution in [0.25, 0.3) is 0 Å². The average molecular weight is 597 g/mol. The number of nitrogens with zero attached hydrogens (tertiary/aromatic N) is 2. The molecule has 0 radical (unpaired) electrons. The molecule has 0 N–H and O–H groups in total. The van der Waals surface area contributed by atoms with Crippen molar-refractivity contribution in [2.75, 3.05) is 26.5 Å². The van der Waals surface area contributed by atoms with Gasteiger partial charge in [-0.3, -0.25) is 4.79 Å². The third kappa shape index (κ3) is 6.60. The Bertz CT molecular complexity index is 1440. The molecule has 3 aromatic rings. The first-order chi connectivity index (χ1) is 19.1. The summed E-state index contributed by atoms with van der Waals surface area (Å²) in [5, 5.41) is 1.88. The number of carbonyl (C=O) groups is 1. The largest absolute Gasteiger partial charge is 0.454 e. The van der Waals surface area contributed by atoms with Crippen LogP contribution in [0.15, 0.2) is 64.9 Å². The van der Waals surface area contributed by atoms with Gasteiger partial charge in [-0.1, -0.05) is 18.2 Å². The summed E-state index contributed by atoms with van der Waals surface area (Å²) in [7, 11) is -4.47. The van der Waals surface area contributed by atoms with Crippen LogP contribution in [0.4, 0.5) is 13.2 Å². The molecule has 1 saturated heterocycles. The lowest BCUT2D eigenvalue weighted by molar-refractivity contribution is -0.137. The minimum Gasteiger partial charge on any atom is -0.454 e. The van der Waals surface area contributed by atoms with E-state index in [9.17, 15) is 26.4 Å². The number of amides is 1. The second-order valence-corrected chi connectivity index (χ2v) is 12.4.